The van der Waals surface area contributed by atoms with E-state index in [0.717, 1.165) is 30.2 Å². The zero-order valence-corrected chi connectivity index (χ0v) is 17.4. The summed E-state index contributed by atoms with van der Waals surface area (Å²) in [5.41, 5.74) is 1.01. The number of anilines is 1. The second-order valence-electron chi connectivity index (χ2n) is 7.57. The van der Waals surface area contributed by atoms with Crippen LogP contribution >= 0.6 is 0 Å². The Kier molecular flexibility index (Phi) is 6.48. The normalized spacial score (nSPS) is 16.6. The summed E-state index contributed by atoms with van der Waals surface area (Å²) < 4.78 is 16.6. The summed E-state index contributed by atoms with van der Waals surface area (Å²) in [4.78, 5) is 24.9. The van der Waals surface area contributed by atoms with Crippen LogP contribution in [0.1, 0.15) is 30.1 Å². The molecule has 31 heavy (non-hydrogen) atoms. The molecule has 0 radical (unpaired) electrons. The van der Waals surface area contributed by atoms with Gasteiger partial charge in [0, 0.05) is 12.3 Å². The molecule has 4 rings (SSSR count). The van der Waals surface area contributed by atoms with Gasteiger partial charge in [-0.25, -0.2) is 4.79 Å². The first kappa shape index (κ1) is 20.9. The number of rotatable bonds is 7. The molecular weight excluding hydrogens is 394 g/mol. The van der Waals surface area contributed by atoms with Gasteiger partial charge in [-0.05, 0) is 66.9 Å². The molecule has 3 aromatic rings. The minimum Gasteiger partial charge on any atom is -0.491 e. The van der Waals surface area contributed by atoms with Gasteiger partial charge in [-0.1, -0.05) is 30.3 Å². The lowest BCUT2D eigenvalue weighted by atomic mass is 10.1. The first-order chi connectivity index (χ1) is 15.1. The SMILES string of the molecule is C[C@@H](OC(=O)c1ccc(OC[C@@H]2CCCO2)cc1)C(=O)Nc1ccc2ccccc2c1. The van der Waals surface area contributed by atoms with E-state index >= 15 is 0 Å². The Bertz CT molecular complexity index is 1060. The fraction of sp³-hybridized carbons (Fsp3) is 0.280. The van der Waals surface area contributed by atoms with E-state index in [4.69, 9.17) is 14.2 Å². The van der Waals surface area contributed by atoms with Crippen LogP contribution in [0.4, 0.5) is 5.69 Å². The van der Waals surface area contributed by atoms with Gasteiger partial charge < -0.3 is 19.5 Å². The largest absolute Gasteiger partial charge is 0.491 e. The number of benzene rings is 3. The first-order valence-corrected chi connectivity index (χ1v) is 10.4. The van der Waals surface area contributed by atoms with Crippen LogP contribution in [-0.4, -0.2) is 37.3 Å². The maximum atomic E-state index is 12.5. The fourth-order valence-corrected chi connectivity index (χ4v) is 3.45. The molecule has 0 unspecified atom stereocenters. The highest BCUT2D eigenvalue weighted by molar-refractivity contribution is 5.98. The Balaban J connectivity index is 1.30. The van der Waals surface area contributed by atoms with Crippen molar-refractivity contribution in [3.05, 3.63) is 72.3 Å². The van der Waals surface area contributed by atoms with Crippen molar-refractivity contribution in [2.75, 3.05) is 18.5 Å². The van der Waals surface area contributed by atoms with Gasteiger partial charge in [-0.2, -0.15) is 0 Å². The number of hydrogen-bond acceptors (Lipinski definition) is 5. The molecule has 160 valence electrons. The van der Waals surface area contributed by atoms with E-state index in [-0.39, 0.29) is 12.0 Å². The third-order valence-electron chi connectivity index (χ3n) is 5.22. The zero-order chi connectivity index (χ0) is 21.6. The Morgan fingerprint density at radius 3 is 2.58 bits per heavy atom. The van der Waals surface area contributed by atoms with Crippen molar-refractivity contribution >= 4 is 28.3 Å². The molecule has 1 saturated heterocycles. The third kappa shape index (κ3) is 5.41. The van der Waals surface area contributed by atoms with Crippen LogP contribution < -0.4 is 10.1 Å². The van der Waals surface area contributed by atoms with Gasteiger partial charge in [-0.3, -0.25) is 4.79 Å². The highest BCUT2D eigenvalue weighted by atomic mass is 16.5. The molecule has 3 aromatic carbocycles. The molecule has 0 aliphatic carbocycles. The van der Waals surface area contributed by atoms with Gasteiger partial charge in [0.2, 0.25) is 0 Å². The lowest BCUT2D eigenvalue weighted by Gasteiger charge is -2.14. The van der Waals surface area contributed by atoms with E-state index in [9.17, 15) is 9.59 Å². The van der Waals surface area contributed by atoms with Crippen molar-refractivity contribution in [1.29, 1.82) is 0 Å². The van der Waals surface area contributed by atoms with Crippen molar-refractivity contribution in [3.63, 3.8) is 0 Å². The molecule has 1 amide bonds. The minimum absolute atomic E-state index is 0.131. The average molecular weight is 419 g/mol. The molecular formula is C25H25NO5. The highest BCUT2D eigenvalue weighted by Gasteiger charge is 2.20. The smallest absolute Gasteiger partial charge is 0.338 e. The molecule has 0 saturated carbocycles. The quantitative estimate of drug-likeness (QED) is 0.568. The molecule has 1 heterocycles. The molecule has 6 heteroatoms. The summed E-state index contributed by atoms with van der Waals surface area (Å²) in [6.45, 7) is 2.83. The van der Waals surface area contributed by atoms with Crippen molar-refractivity contribution < 1.29 is 23.8 Å². The second-order valence-corrected chi connectivity index (χ2v) is 7.57. The van der Waals surface area contributed by atoms with Crippen molar-refractivity contribution in [1.82, 2.24) is 0 Å². The predicted molar refractivity (Wildman–Crippen MR) is 118 cm³/mol. The van der Waals surface area contributed by atoms with Crippen molar-refractivity contribution in [2.45, 2.75) is 32.0 Å². The van der Waals surface area contributed by atoms with Crippen LogP contribution in [0.2, 0.25) is 0 Å². The maximum Gasteiger partial charge on any atom is 0.338 e. The Hall–Kier alpha value is -3.38. The molecule has 1 N–H and O–H groups in total. The van der Waals surface area contributed by atoms with E-state index in [1.807, 2.05) is 42.5 Å². The van der Waals surface area contributed by atoms with Crippen LogP contribution in [-0.2, 0) is 14.3 Å². The lowest BCUT2D eigenvalue weighted by molar-refractivity contribution is -0.123. The van der Waals surface area contributed by atoms with Gasteiger partial charge in [-0.15, -0.1) is 0 Å². The van der Waals surface area contributed by atoms with Gasteiger partial charge >= 0.3 is 5.97 Å². The van der Waals surface area contributed by atoms with E-state index < -0.39 is 12.1 Å². The summed E-state index contributed by atoms with van der Waals surface area (Å²) in [5.74, 6) is -0.291. The summed E-state index contributed by atoms with van der Waals surface area (Å²) in [6.07, 6.45) is 1.26. The Labute approximate surface area is 181 Å². The number of esters is 1. The van der Waals surface area contributed by atoms with Crippen LogP contribution in [0.15, 0.2) is 66.7 Å². The van der Waals surface area contributed by atoms with Gasteiger partial charge in [0.15, 0.2) is 6.10 Å². The Morgan fingerprint density at radius 1 is 1.06 bits per heavy atom. The topological polar surface area (TPSA) is 73.9 Å². The Morgan fingerprint density at radius 2 is 1.84 bits per heavy atom. The van der Waals surface area contributed by atoms with E-state index in [2.05, 4.69) is 5.32 Å². The molecule has 2 atom stereocenters. The molecule has 1 aliphatic heterocycles. The first-order valence-electron chi connectivity index (χ1n) is 10.4. The van der Waals surface area contributed by atoms with Crippen LogP contribution in [0.5, 0.6) is 5.75 Å². The lowest BCUT2D eigenvalue weighted by Crippen LogP contribution is -2.30. The average Bonchev–Trinajstić information content (AvgIpc) is 3.31. The standard InChI is InChI=1S/C25H25NO5/c1-17(24(27)26-21-11-8-18-5-2-3-6-20(18)15-21)31-25(28)19-9-12-22(13-10-19)30-16-23-7-4-14-29-23/h2-3,5-6,8-13,15,17,23H,4,7,14,16H2,1H3,(H,26,27)/t17-,23+/m1/s1. The summed E-state index contributed by atoms with van der Waals surface area (Å²) >= 11 is 0. The monoisotopic (exact) mass is 419 g/mol. The van der Waals surface area contributed by atoms with Gasteiger partial charge in [0.25, 0.3) is 5.91 Å². The molecule has 1 aliphatic rings. The molecule has 1 fully saturated rings. The number of nitrogens with one attached hydrogen (secondary N) is 1. The van der Waals surface area contributed by atoms with Crippen molar-refractivity contribution in [2.24, 2.45) is 0 Å². The van der Waals surface area contributed by atoms with Gasteiger partial charge in [0.1, 0.15) is 12.4 Å². The summed E-state index contributed by atoms with van der Waals surface area (Å²) in [6, 6.07) is 20.2. The molecule has 6 nitrogen and oxygen atoms in total. The maximum absolute atomic E-state index is 12.5. The summed E-state index contributed by atoms with van der Waals surface area (Å²) in [7, 11) is 0. The number of carbonyl (C=O) groups excluding carboxylic acids is 2. The number of hydrogen-bond donors (Lipinski definition) is 1. The van der Waals surface area contributed by atoms with E-state index in [1.165, 1.54) is 0 Å². The number of ether oxygens (including phenoxy) is 3. The fourth-order valence-electron chi connectivity index (χ4n) is 3.45. The third-order valence-corrected chi connectivity index (χ3v) is 5.22. The highest BCUT2D eigenvalue weighted by Crippen LogP contribution is 2.20. The van der Waals surface area contributed by atoms with Crippen LogP contribution in [0, 0.1) is 0 Å². The summed E-state index contributed by atoms with van der Waals surface area (Å²) in [5, 5.41) is 4.90. The minimum atomic E-state index is -0.936. The zero-order valence-electron chi connectivity index (χ0n) is 17.4. The van der Waals surface area contributed by atoms with Crippen molar-refractivity contribution in [3.8, 4) is 5.75 Å². The van der Waals surface area contributed by atoms with Crippen LogP contribution in [0.25, 0.3) is 10.8 Å². The molecule has 0 bridgehead atoms. The van der Waals surface area contributed by atoms with Crippen LogP contribution in [0.3, 0.4) is 0 Å². The molecule has 0 aromatic heterocycles. The van der Waals surface area contributed by atoms with E-state index in [1.54, 1.807) is 31.2 Å². The van der Waals surface area contributed by atoms with E-state index in [0.29, 0.717) is 23.6 Å². The van der Waals surface area contributed by atoms with Gasteiger partial charge in [0.05, 0.1) is 11.7 Å². The number of carbonyl (C=O) groups is 2. The predicted octanol–water partition coefficient (Wildman–Crippen LogP) is 4.58. The number of fused-ring (bicyclic) bond motifs is 1. The second kappa shape index (κ2) is 9.62. The number of amides is 1. The molecule has 0 spiro atoms.